The molecule has 0 saturated heterocycles. The molecular formula is C10H12N4O2S3. The predicted octanol–water partition coefficient (Wildman–Crippen LogP) is 1.35. The van der Waals surface area contributed by atoms with Gasteiger partial charge < -0.3 is 5.32 Å². The van der Waals surface area contributed by atoms with Crippen LogP contribution >= 0.6 is 22.7 Å². The molecule has 2 aromatic rings. The number of thiazole rings is 2. The number of aryl methyl sites for hydroxylation is 1. The summed E-state index contributed by atoms with van der Waals surface area (Å²) in [6.07, 6.45) is 2.21. The van der Waals surface area contributed by atoms with Gasteiger partial charge in [-0.2, -0.15) is 0 Å². The molecule has 9 heteroatoms. The number of anilines is 1. The largest absolute Gasteiger partial charge is 0.311 e. The van der Waals surface area contributed by atoms with E-state index < -0.39 is 10.0 Å². The van der Waals surface area contributed by atoms with E-state index >= 15 is 0 Å². The van der Waals surface area contributed by atoms with Crippen molar-refractivity contribution in [1.82, 2.24) is 15.3 Å². The SMILES string of the molecule is Cc1ncc(S(=O)(=O)Nc2nc3c(s2)CNCC3)s1. The molecule has 0 amide bonds. The first-order chi connectivity index (χ1) is 9.04. The molecule has 1 aliphatic heterocycles. The van der Waals surface area contributed by atoms with E-state index in [0.29, 0.717) is 5.13 Å². The minimum atomic E-state index is -3.56. The van der Waals surface area contributed by atoms with Gasteiger partial charge in [-0.25, -0.2) is 18.4 Å². The van der Waals surface area contributed by atoms with Gasteiger partial charge in [-0.05, 0) is 6.92 Å². The number of hydrogen-bond acceptors (Lipinski definition) is 7. The van der Waals surface area contributed by atoms with Crippen molar-refractivity contribution in [2.24, 2.45) is 0 Å². The van der Waals surface area contributed by atoms with Crippen molar-refractivity contribution in [2.45, 2.75) is 24.1 Å². The molecule has 0 atom stereocenters. The van der Waals surface area contributed by atoms with Crippen LogP contribution in [0.25, 0.3) is 0 Å². The van der Waals surface area contributed by atoms with Gasteiger partial charge in [-0.3, -0.25) is 4.72 Å². The van der Waals surface area contributed by atoms with Crippen LogP contribution in [0.5, 0.6) is 0 Å². The van der Waals surface area contributed by atoms with Gasteiger partial charge in [0, 0.05) is 24.4 Å². The van der Waals surface area contributed by atoms with Crippen LogP contribution in [0.4, 0.5) is 5.13 Å². The lowest BCUT2D eigenvalue weighted by atomic mass is 10.2. The third-order valence-electron chi connectivity index (χ3n) is 2.69. The molecule has 0 bridgehead atoms. The summed E-state index contributed by atoms with van der Waals surface area (Å²) >= 11 is 2.54. The topological polar surface area (TPSA) is 84.0 Å². The molecule has 2 N–H and O–H groups in total. The van der Waals surface area contributed by atoms with Gasteiger partial charge in [0.15, 0.2) is 9.34 Å². The number of nitrogens with one attached hydrogen (secondary N) is 2. The van der Waals surface area contributed by atoms with E-state index in [1.54, 1.807) is 6.92 Å². The summed E-state index contributed by atoms with van der Waals surface area (Å²) in [6, 6.07) is 0. The molecule has 0 spiro atoms. The second-order valence-electron chi connectivity index (χ2n) is 4.12. The molecule has 0 aromatic carbocycles. The molecule has 19 heavy (non-hydrogen) atoms. The van der Waals surface area contributed by atoms with Gasteiger partial charge in [0.05, 0.1) is 16.9 Å². The number of hydrogen-bond donors (Lipinski definition) is 2. The smallest absolute Gasteiger partial charge is 0.274 e. The van der Waals surface area contributed by atoms with Gasteiger partial charge in [0.25, 0.3) is 10.0 Å². The van der Waals surface area contributed by atoms with Crippen LogP contribution in [0.2, 0.25) is 0 Å². The first kappa shape index (κ1) is 13.0. The van der Waals surface area contributed by atoms with E-state index in [4.69, 9.17) is 0 Å². The number of fused-ring (bicyclic) bond motifs is 1. The summed E-state index contributed by atoms with van der Waals surface area (Å²) in [5, 5.41) is 4.39. The number of rotatable bonds is 3. The predicted molar refractivity (Wildman–Crippen MR) is 75.2 cm³/mol. The lowest BCUT2D eigenvalue weighted by Crippen LogP contribution is -2.22. The minimum absolute atomic E-state index is 0.219. The van der Waals surface area contributed by atoms with Crippen molar-refractivity contribution in [3.63, 3.8) is 0 Å². The molecule has 0 radical (unpaired) electrons. The third-order valence-corrected chi connectivity index (χ3v) is 6.54. The molecule has 0 aliphatic carbocycles. The normalized spacial score (nSPS) is 15.2. The van der Waals surface area contributed by atoms with E-state index in [1.165, 1.54) is 17.5 Å². The molecule has 0 fully saturated rings. The van der Waals surface area contributed by atoms with E-state index in [2.05, 4.69) is 20.0 Å². The third kappa shape index (κ3) is 2.64. The minimum Gasteiger partial charge on any atom is -0.311 e. The molecule has 1 aliphatic rings. The van der Waals surface area contributed by atoms with Crippen molar-refractivity contribution in [3.8, 4) is 0 Å². The number of sulfonamides is 1. The average Bonchev–Trinajstić information content (AvgIpc) is 2.94. The van der Waals surface area contributed by atoms with Crippen LogP contribution in [-0.2, 0) is 23.0 Å². The molecule has 102 valence electrons. The van der Waals surface area contributed by atoms with Crippen LogP contribution < -0.4 is 10.0 Å². The maximum atomic E-state index is 12.1. The Kier molecular flexibility index (Phi) is 3.29. The monoisotopic (exact) mass is 316 g/mol. The first-order valence-corrected chi connectivity index (χ1v) is 8.81. The van der Waals surface area contributed by atoms with Crippen LogP contribution in [0, 0.1) is 6.92 Å². The molecule has 3 rings (SSSR count). The highest BCUT2D eigenvalue weighted by Crippen LogP contribution is 2.28. The van der Waals surface area contributed by atoms with Crippen molar-refractivity contribution in [3.05, 3.63) is 21.8 Å². The van der Waals surface area contributed by atoms with Crippen LogP contribution in [0.1, 0.15) is 15.6 Å². The Labute approximate surface area is 119 Å². The van der Waals surface area contributed by atoms with Crippen LogP contribution in [0.15, 0.2) is 10.4 Å². The zero-order valence-corrected chi connectivity index (χ0v) is 12.6. The van der Waals surface area contributed by atoms with Crippen molar-refractivity contribution in [2.75, 3.05) is 11.3 Å². The molecule has 6 nitrogen and oxygen atoms in total. The zero-order valence-electron chi connectivity index (χ0n) is 10.1. The Morgan fingerprint density at radius 1 is 1.42 bits per heavy atom. The summed E-state index contributed by atoms with van der Waals surface area (Å²) in [5.41, 5.74) is 0.988. The van der Waals surface area contributed by atoms with E-state index in [0.717, 1.165) is 46.4 Å². The van der Waals surface area contributed by atoms with Gasteiger partial charge in [-0.1, -0.05) is 11.3 Å². The Morgan fingerprint density at radius 2 is 2.26 bits per heavy atom. The van der Waals surface area contributed by atoms with E-state index in [1.807, 2.05) is 0 Å². The summed E-state index contributed by atoms with van der Waals surface area (Å²) in [6.45, 7) is 3.42. The van der Waals surface area contributed by atoms with Gasteiger partial charge in [0.1, 0.15) is 0 Å². The molecule has 3 heterocycles. The number of nitrogens with zero attached hydrogens (tertiary/aromatic N) is 2. The Bertz CT molecular complexity index is 681. The highest BCUT2D eigenvalue weighted by molar-refractivity contribution is 7.94. The highest BCUT2D eigenvalue weighted by Gasteiger charge is 2.21. The standard InChI is InChI=1S/C10H12N4O2S3/c1-6-12-5-9(17-6)19(15,16)14-10-13-7-2-3-11-4-8(7)18-10/h5,11H,2-4H2,1H3,(H,13,14). The van der Waals surface area contributed by atoms with Crippen molar-refractivity contribution >= 4 is 37.8 Å². The van der Waals surface area contributed by atoms with E-state index in [9.17, 15) is 8.42 Å². The van der Waals surface area contributed by atoms with Crippen LogP contribution in [0.3, 0.4) is 0 Å². The summed E-state index contributed by atoms with van der Waals surface area (Å²) in [7, 11) is -3.56. The Morgan fingerprint density at radius 3 is 2.95 bits per heavy atom. The fourth-order valence-electron chi connectivity index (χ4n) is 1.80. The summed E-state index contributed by atoms with van der Waals surface area (Å²) < 4.78 is 27.0. The lowest BCUT2D eigenvalue weighted by Gasteiger charge is -2.09. The Hall–Kier alpha value is -1.03. The highest BCUT2D eigenvalue weighted by atomic mass is 32.2. The van der Waals surface area contributed by atoms with Gasteiger partial charge >= 0.3 is 0 Å². The maximum absolute atomic E-state index is 12.1. The van der Waals surface area contributed by atoms with Crippen LogP contribution in [-0.4, -0.2) is 24.9 Å². The fraction of sp³-hybridized carbons (Fsp3) is 0.400. The van der Waals surface area contributed by atoms with Gasteiger partial charge in [-0.15, -0.1) is 11.3 Å². The molecule has 2 aromatic heterocycles. The number of aromatic nitrogens is 2. The lowest BCUT2D eigenvalue weighted by molar-refractivity contribution is 0.603. The maximum Gasteiger partial charge on any atom is 0.274 e. The van der Waals surface area contributed by atoms with Crippen molar-refractivity contribution < 1.29 is 8.42 Å². The van der Waals surface area contributed by atoms with E-state index in [-0.39, 0.29) is 4.21 Å². The quantitative estimate of drug-likeness (QED) is 0.893. The first-order valence-electron chi connectivity index (χ1n) is 5.69. The summed E-state index contributed by atoms with van der Waals surface area (Å²) in [4.78, 5) is 9.40. The summed E-state index contributed by atoms with van der Waals surface area (Å²) in [5.74, 6) is 0. The fourth-order valence-corrected chi connectivity index (χ4v) is 5.12. The second kappa shape index (κ2) is 4.82. The second-order valence-corrected chi connectivity index (χ2v) is 8.35. The zero-order chi connectivity index (χ0) is 13.5. The molecular weight excluding hydrogens is 304 g/mol. The molecule has 0 unspecified atom stereocenters. The Balaban J connectivity index is 1.86. The molecule has 0 saturated carbocycles. The van der Waals surface area contributed by atoms with Crippen molar-refractivity contribution in [1.29, 1.82) is 0 Å². The van der Waals surface area contributed by atoms with Gasteiger partial charge in [0.2, 0.25) is 0 Å². The average molecular weight is 316 g/mol.